The number of ether oxygens (including phenoxy) is 1. The van der Waals surface area contributed by atoms with Gasteiger partial charge in [0.15, 0.2) is 12.4 Å². The second-order valence-electron chi connectivity index (χ2n) is 6.20. The maximum atomic E-state index is 12.5. The highest BCUT2D eigenvalue weighted by atomic mass is 16.5. The van der Waals surface area contributed by atoms with Crippen molar-refractivity contribution >= 4 is 5.97 Å². The topological polar surface area (TPSA) is 83.0 Å². The first-order chi connectivity index (χ1) is 13.6. The van der Waals surface area contributed by atoms with Gasteiger partial charge in [0.2, 0.25) is 5.89 Å². The second kappa shape index (κ2) is 7.48. The third-order valence-electron chi connectivity index (χ3n) is 4.22. The third kappa shape index (κ3) is 3.55. The van der Waals surface area contributed by atoms with E-state index in [0.717, 1.165) is 16.9 Å². The van der Waals surface area contributed by atoms with Gasteiger partial charge in [-0.25, -0.2) is 19.4 Å². The van der Waals surface area contributed by atoms with E-state index in [1.807, 2.05) is 74.5 Å². The molecule has 2 aromatic carbocycles. The second-order valence-corrected chi connectivity index (χ2v) is 6.20. The van der Waals surface area contributed by atoms with E-state index in [0.29, 0.717) is 17.5 Å². The molecule has 7 heteroatoms. The van der Waals surface area contributed by atoms with Crippen LogP contribution < -0.4 is 0 Å². The number of rotatable bonds is 5. The summed E-state index contributed by atoms with van der Waals surface area (Å²) >= 11 is 0. The van der Waals surface area contributed by atoms with Gasteiger partial charge in [-0.1, -0.05) is 48.5 Å². The van der Waals surface area contributed by atoms with Crippen molar-refractivity contribution in [2.24, 2.45) is 0 Å². The van der Waals surface area contributed by atoms with Crippen LogP contribution in [0.1, 0.15) is 28.0 Å². The van der Waals surface area contributed by atoms with Crippen LogP contribution in [0, 0.1) is 13.8 Å². The Balaban J connectivity index is 1.64. The molecule has 0 fully saturated rings. The Hall–Kier alpha value is -3.74. The minimum absolute atomic E-state index is 0.0253. The SMILES string of the molecule is Cc1nc(COC(=O)c2nc(-c3ccccc3)n(-c3ccccc3)n2)oc1C. The predicted octanol–water partition coefficient (Wildman–Crippen LogP) is 3.90. The fraction of sp³-hybridized carbons (Fsp3) is 0.143. The van der Waals surface area contributed by atoms with Gasteiger partial charge in [0.25, 0.3) is 5.82 Å². The first-order valence-electron chi connectivity index (χ1n) is 8.80. The maximum Gasteiger partial charge on any atom is 0.378 e. The molecule has 0 bridgehead atoms. The summed E-state index contributed by atoms with van der Waals surface area (Å²) in [6.07, 6.45) is 0. The Morgan fingerprint density at radius 1 is 1.00 bits per heavy atom. The summed E-state index contributed by atoms with van der Waals surface area (Å²) in [6.45, 7) is 3.57. The van der Waals surface area contributed by atoms with Crippen LogP contribution in [-0.4, -0.2) is 25.7 Å². The van der Waals surface area contributed by atoms with E-state index in [1.165, 1.54) is 0 Å². The van der Waals surface area contributed by atoms with Crippen molar-refractivity contribution in [1.29, 1.82) is 0 Å². The molecule has 28 heavy (non-hydrogen) atoms. The van der Waals surface area contributed by atoms with Gasteiger partial charge in [-0.15, -0.1) is 5.10 Å². The molecule has 0 amide bonds. The molecule has 2 heterocycles. The number of hydrogen-bond donors (Lipinski definition) is 0. The molecule has 0 unspecified atom stereocenters. The van der Waals surface area contributed by atoms with Crippen LogP contribution >= 0.6 is 0 Å². The summed E-state index contributed by atoms with van der Waals surface area (Å²) in [7, 11) is 0. The molecule has 0 saturated carbocycles. The molecule has 0 N–H and O–H groups in total. The molecule has 0 atom stereocenters. The molecule has 0 saturated heterocycles. The fourth-order valence-electron chi connectivity index (χ4n) is 2.71. The molecule has 0 spiro atoms. The van der Waals surface area contributed by atoms with E-state index in [2.05, 4.69) is 15.1 Å². The Morgan fingerprint density at radius 3 is 2.32 bits per heavy atom. The summed E-state index contributed by atoms with van der Waals surface area (Å²) in [5, 5.41) is 4.37. The Bertz CT molecular complexity index is 1020. The molecular weight excluding hydrogens is 356 g/mol. The number of aromatic nitrogens is 4. The zero-order valence-corrected chi connectivity index (χ0v) is 15.5. The Kier molecular flexibility index (Phi) is 4.72. The summed E-state index contributed by atoms with van der Waals surface area (Å²) in [6, 6.07) is 19.1. The molecule has 4 aromatic rings. The third-order valence-corrected chi connectivity index (χ3v) is 4.22. The summed E-state index contributed by atoms with van der Waals surface area (Å²) in [5.74, 6) is 0.933. The van der Waals surface area contributed by atoms with Crippen molar-refractivity contribution in [3.8, 4) is 17.1 Å². The summed E-state index contributed by atoms with van der Waals surface area (Å²) in [4.78, 5) is 21.1. The normalized spacial score (nSPS) is 10.8. The lowest BCUT2D eigenvalue weighted by Crippen LogP contribution is -2.08. The van der Waals surface area contributed by atoms with Crippen molar-refractivity contribution < 1.29 is 13.9 Å². The van der Waals surface area contributed by atoms with Crippen molar-refractivity contribution in [3.63, 3.8) is 0 Å². The van der Waals surface area contributed by atoms with Crippen LogP contribution in [0.4, 0.5) is 0 Å². The molecule has 4 rings (SSSR count). The predicted molar refractivity (Wildman–Crippen MR) is 102 cm³/mol. The minimum Gasteiger partial charge on any atom is -0.450 e. The Morgan fingerprint density at radius 2 is 1.68 bits per heavy atom. The van der Waals surface area contributed by atoms with Crippen LogP contribution in [-0.2, 0) is 11.3 Å². The van der Waals surface area contributed by atoms with Gasteiger partial charge in [-0.3, -0.25) is 0 Å². The van der Waals surface area contributed by atoms with E-state index in [1.54, 1.807) is 4.68 Å². The molecule has 0 aliphatic rings. The van der Waals surface area contributed by atoms with Crippen LogP contribution in [0.2, 0.25) is 0 Å². The zero-order valence-electron chi connectivity index (χ0n) is 15.5. The zero-order chi connectivity index (χ0) is 19.5. The van der Waals surface area contributed by atoms with Gasteiger partial charge >= 0.3 is 5.97 Å². The number of nitrogens with zero attached hydrogens (tertiary/aromatic N) is 4. The number of oxazole rings is 1. The molecule has 2 aromatic heterocycles. The Labute approximate surface area is 161 Å². The number of aryl methyl sites for hydroxylation is 2. The standard InChI is InChI=1S/C21H18N4O3/c1-14-15(2)28-18(22-14)13-27-21(26)19-23-20(16-9-5-3-6-10-16)25(24-19)17-11-7-4-8-12-17/h3-12H,13H2,1-2H3. The van der Waals surface area contributed by atoms with Crippen molar-refractivity contribution in [2.75, 3.05) is 0 Å². The van der Waals surface area contributed by atoms with Crippen LogP contribution in [0.15, 0.2) is 65.1 Å². The van der Waals surface area contributed by atoms with Crippen LogP contribution in [0.25, 0.3) is 17.1 Å². The highest BCUT2D eigenvalue weighted by Crippen LogP contribution is 2.21. The highest BCUT2D eigenvalue weighted by Gasteiger charge is 2.20. The van der Waals surface area contributed by atoms with Gasteiger partial charge in [0, 0.05) is 5.56 Å². The lowest BCUT2D eigenvalue weighted by atomic mass is 10.2. The van der Waals surface area contributed by atoms with Gasteiger partial charge < -0.3 is 9.15 Å². The van der Waals surface area contributed by atoms with Gasteiger partial charge in [-0.05, 0) is 26.0 Å². The van der Waals surface area contributed by atoms with E-state index in [-0.39, 0.29) is 12.4 Å². The smallest absolute Gasteiger partial charge is 0.378 e. The van der Waals surface area contributed by atoms with Crippen molar-refractivity contribution in [1.82, 2.24) is 19.7 Å². The van der Waals surface area contributed by atoms with Crippen molar-refractivity contribution in [2.45, 2.75) is 20.5 Å². The molecular formula is C21H18N4O3. The fourth-order valence-corrected chi connectivity index (χ4v) is 2.71. The van der Waals surface area contributed by atoms with E-state index >= 15 is 0 Å². The quantitative estimate of drug-likeness (QED) is 0.493. The molecule has 0 aliphatic carbocycles. The first kappa shape index (κ1) is 17.7. The number of hydrogen-bond acceptors (Lipinski definition) is 6. The van der Waals surface area contributed by atoms with Gasteiger partial charge in [0.1, 0.15) is 5.76 Å². The lowest BCUT2D eigenvalue weighted by molar-refractivity contribution is 0.0422. The van der Waals surface area contributed by atoms with E-state index in [4.69, 9.17) is 9.15 Å². The molecule has 0 aliphatic heterocycles. The van der Waals surface area contributed by atoms with Gasteiger partial charge in [0.05, 0.1) is 11.4 Å². The van der Waals surface area contributed by atoms with Crippen LogP contribution in [0.5, 0.6) is 0 Å². The average molecular weight is 374 g/mol. The summed E-state index contributed by atoms with van der Waals surface area (Å²) in [5.41, 5.74) is 2.41. The minimum atomic E-state index is -0.639. The first-order valence-corrected chi connectivity index (χ1v) is 8.80. The maximum absolute atomic E-state index is 12.5. The molecule has 140 valence electrons. The monoisotopic (exact) mass is 374 g/mol. The van der Waals surface area contributed by atoms with E-state index in [9.17, 15) is 4.79 Å². The van der Waals surface area contributed by atoms with Gasteiger partial charge in [-0.2, -0.15) is 0 Å². The van der Waals surface area contributed by atoms with E-state index < -0.39 is 5.97 Å². The van der Waals surface area contributed by atoms with Crippen LogP contribution in [0.3, 0.4) is 0 Å². The number of carbonyl (C=O) groups excluding carboxylic acids is 1. The largest absolute Gasteiger partial charge is 0.450 e. The van der Waals surface area contributed by atoms with Crippen molar-refractivity contribution in [3.05, 3.63) is 83.8 Å². The number of benzene rings is 2. The average Bonchev–Trinajstić information content (AvgIpc) is 3.31. The lowest BCUT2D eigenvalue weighted by Gasteiger charge is -2.05. The number of para-hydroxylation sites is 1. The number of esters is 1. The molecule has 7 nitrogen and oxygen atoms in total. The highest BCUT2D eigenvalue weighted by molar-refractivity contribution is 5.85. The molecule has 0 radical (unpaired) electrons. The number of carbonyl (C=O) groups is 1. The summed E-state index contributed by atoms with van der Waals surface area (Å²) < 4.78 is 12.4.